The van der Waals surface area contributed by atoms with Gasteiger partial charge in [-0.25, -0.2) is 0 Å². The minimum atomic E-state index is 0.108. The molecule has 1 spiro atoms. The molecule has 23 heavy (non-hydrogen) atoms. The van der Waals surface area contributed by atoms with Crippen molar-refractivity contribution in [2.75, 3.05) is 7.11 Å². The molecule has 3 fully saturated rings. The number of fused-ring (bicyclic) bond motifs is 5. The summed E-state index contributed by atoms with van der Waals surface area (Å²) in [5, 5.41) is 0. The summed E-state index contributed by atoms with van der Waals surface area (Å²) < 4.78 is 11.7. The van der Waals surface area contributed by atoms with Gasteiger partial charge in [0.15, 0.2) is 0 Å². The third-order valence-corrected chi connectivity index (χ3v) is 8.36. The van der Waals surface area contributed by atoms with Crippen LogP contribution in [0, 0.1) is 22.7 Å². The Morgan fingerprint density at radius 2 is 2.09 bits per heavy atom. The second kappa shape index (κ2) is 4.33. The topological polar surface area (TPSA) is 22.4 Å². The van der Waals surface area contributed by atoms with Crippen molar-refractivity contribution in [3.05, 3.63) is 29.7 Å². The van der Waals surface area contributed by atoms with Crippen molar-refractivity contribution in [3.63, 3.8) is 0 Å². The molecule has 2 heteroatoms. The Bertz CT molecular complexity index is 673. The zero-order valence-electron chi connectivity index (χ0n) is 14.6. The molecule has 2 bridgehead atoms. The molecule has 0 amide bonds. The van der Waals surface area contributed by atoms with Crippen LogP contribution in [0.1, 0.15) is 69.6 Å². The zero-order chi connectivity index (χ0) is 15.9. The van der Waals surface area contributed by atoms with Crippen molar-refractivity contribution in [2.45, 2.75) is 63.9 Å². The van der Waals surface area contributed by atoms with E-state index in [1.807, 2.05) is 13.4 Å². The normalized spacial score (nSPS) is 50.3. The summed E-state index contributed by atoms with van der Waals surface area (Å²) >= 11 is 0. The number of rotatable bonds is 1. The average molecular weight is 312 g/mol. The van der Waals surface area contributed by atoms with Gasteiger partial charge in [-0.3, -0.25) is 0 Å². The highest BCUT2D eigenvalue weighted by Crippen LogP contribution is 2.71. The largest absolute Gasteiger partial charge is 0.465 e. The molecule has 0 saturated heterocycles. The van der Waals surface area contributed by atoms with E-state index in [2.05, 4.69) is 32.1 Å². The number of allylic oxidation sites excluding steroid dienone is 1. The first kappa shape index (κ1) is 14.3. The molecule has 0 aliphatic heterocycles. The average Bonchev–Trinajstić information content (AvgIpc) is 3.09. The predicted molar refractivity (Wildman–Crippen MR) is 91.1 cm³/mol. The molecule has 1 heterocycles. The minimum Gasteiger partial charge on any atom is -0.465 e. The lowest BCUT2D eigenvalue weighted by atomic mass is 9.46. The smallest absolute Gasteiger partial charge is 0.129 e. The number of ether oxygens (including phenoxy) is 1. The fourth-order valence-electron chi connectivity index (χ4n) is 7.26. The van der Waals surface area contributed by atoms with E-state index in [9.17, 15) is 0 Å². The molecule has 2 nitrogen and oxygen atoms in total. The summed E-state index contributed by atoms with van der Waals surface area (Å²) in [6.45, 7) is 4.90. The van der Waals surface area contributed by atoms with Crippen molar-refractivity contribution in [2.24, 2.45) is 22.7 Å². The predicted octanol–water partition coefficient (Wildman–Crippen LogP) is 5.40. The molecule has 3 saturated carbocycles. The van der Waals surface area contributed by atoms with Crippen molar-refractivity contribution in [3.8, 4) is 0 Å². The van der Waals surface area contributed by atoms with E-state index in [1.165, 1.54) is 44.1 Å². The number of hydrogen-bond acceptors (Lipinski definition) is 2. The molecule has 0 N–H and O–H groups in total. The van der Waals surface area contributed by atoms with Crippen LogP contribution in [0.3, 0.4) is 0 Å². The standard InChI is InChI=1S/C21H28O2/c1-19-9-7-17-15(8-11-23-17)16(19)6-10-21-12-14(4-5-18(19)21)20(2,13-21)22-3/h7-9,11,14,16,18H,4-6,10,12-13H2,1-3H3/t14-,16-,18+,19-,20-,21+/m1/s1. The van der Waals surface area contributed by atoms with Gasteiger partial charge in [0.05, 0.1) is 11.9 Å². The molecule has 1 aromatic rings. The van der Waals surface area contributed by atoms with Crippen LogP contribution in [0.15, 0.2) is 22.8 Å². The Morgan fingerprint density at radius 1 is 1.22 bits per heavy atom. The van der Waals surface area contributed by atoms with Gasteiger partial charge in [0, 0.05) is 12.7 Å². The van der Waals surface area contributed by atoms with Gasteiger partial charge in [0.25, 0.3) is 0 Å². The van der Waals surface area contributed by atoms with Crippen molar-refractivity contribution in [1.29, 1.82) is 0 Å². The Hall–Kier alpha value is -1.02. The van der Waals surface area contributed by atoms with Crippen LogP contribution in [-0.4, -0.2) is 12.7 Å². The summed E-state index contributed by atoms with van der Waals surface area (Å²) in [5.41, 5.74) is 2.36. The quantitative estimate of drug-likeness (QED) is 0.692. The molecular formula is C21H28O2. The van der Waals surface area contributed by atoms with E-state index in [0.717, 1.165) is 17.6 Å². The van der Waals surface area contributed by atoms with E-state index in [1.54, 1.807) is 0 Å². The van der Waals surface area contributed by atoms with Crippen molar-refractivity contribution in [1.82, 2.24) is 0 Å². The number of methoxy groups -OCH3 is 1. The van der Waals surface area contributed by atoms with Gasteiger partial charge in [-0.2, -0.15) is 0 Å². The molecule has 0 radical (unpaired) electrons. The summed E-state index contributed by atoms with van der Waals surface area (Å²) in [4.78, 5) is 0. The fraction of sp³-hybridized carbons (Fsp3) is 0.714. The third-order valence-electron chi connectivity index (χ3n) is 8.36. The number of hydrogen-bond donors (Lipinski definition) is 0. The van der Waals surface area contributed by atoms with Gasteiger partial charge in [-0.05, 0) is 86.2 Å². The summed E-state index contributed by atoms with van der Waals surface area (Å²) in [6.07, 6.45) is 14.6. The van der Waals surface area contributed by atoms with Gasteiger partial charge in [0.2, 0.25) is 0 Å². The first-order valence-corrected chi connectivity index (χ1v) is 9.33. The molecule has 5 rings (SSSR count). The fourth-order valence-corrected chi connectivity index (χ4v) is 7.26. The summed E-state index contributed by atoms with van der Waals surface area (Å²) in [6, 6.07) is 2.22. The van der Waals surface area contributed by atoms with E-state index in [0.29, 0.717) is 16.7 Å². The molecule has 0 aromatic carbocycles. The lowest BCUT2D eigenvalue weighted by Crippen LogP contribution is -2.49. The molecule has 6 atom stereocenters. The van der Waals surface area contributed by atoms with Gasteiger partial charge >= 0.3 is 0 Å². The minimum absolute atomic E-state index is 0.108. The SMILES string of the molecule is CO[C@]1(C)C[C@@]23CC[C@@H]4c5ccoc5C=C[C@@]4(C)[C@@H]2CC[C@@H]1C3. The van der Waals surface area contributed by atoms with Crippen molar-refractivity contribution < 1.29 is 9.15 Å². The lowest BCUT2D eigenvalue weighted by molar-refractivity contribution is -0.0399. The first-order valence-electron chi connectivity index (χ1n) is 9.33. The third kappa shape index (κ3) is 1.64. The zero-order valence-corrected chi connectivity index (χ0v) is 14.6. The van der Waals surface area contributed by atoms with E-state index in [4.69, 9.17) is 9.15 Å². The second-order valence-corrected chi connectivity index (χ2v) is 9.12. The maximum Gasteiger partial charge on any atom is 0.129 e. The van der Waals surface area contributed by atoms with E-state index < -0.39 is 0 Å². The van der Waals surface area contributed by atoms with Gasteiger partial charge in [0.1, 0.15) is 5.76 Å². The summed E-state index contributed by atoms with van der Waals surface area (Å²) in [5.74, 6) is 3.30. The Balaban J connectivity index is 1.58. The van der Waals surface area contributed by atoms with Crippen LogP contribution in [0.5, 0.6) is 0 Å². The van der Waals surface area contributed by atoms with Gasteiger partial charge < -0.3 is 9.15 Å². The van der Waals surface area contributed by atoms with Crippen molar-refractivity contribution >= 4 is 6.08 Å². The molecule has 124 valence electrons. The highest BCUT2D eigenvalue weighted by molar-refractivity contribution is 5.55. The van der Waals surface area contributed by atoms with E-state index in [-0.39, 0.29) is 5.60 Å². The molecular weight excluding hydrogens is 284 g/mol. The van der Waals surface area contributed by atoms with Crippen LogP contribution in [-0.2, 0) is 4.74 Å². The van der Waals surface area contributed by atoms with Gasteiger partial charge in [-0.15, -0.1) is 0 Å². The molecule has 0 unspecified atom stereocenters. The molecule has 1 aromatic heterocycles. The molecule has 4 aliphatic rings. The highest BCUT2D eigenvalue weighted by Gasteiger charge is 2.64. The van der Waals surface area contributed by atoms with Crippen LogP contribution in [0.25, 0.3) is 6.08 Å². The highest BCUT2D eigenvalue weighted by atomic mass is 16.5. The molecule has 4 aliphatic carbocycles. The van der Waals surface area contributed by atoms with Crippen LogP contribution >= 0.6 is 0 Å². The maximum atomic E-state index is 6.04. The Labute approximate surface area is 139 Å². The first-order chi connectivity index (χ1) is 11.0. The Morgan fingerprint density at radius 3 is 2.91 bits per heavy atom. The van der Waals surface area contributed by atoms with Gasteiger partial charge in [-0.1, -0.05) is 13.0 Å². The number of furan rings is 1. The second-order valence-electron chi connectivity index (χ2n) is 9.12. The Kier molecular flexibility index (Phi) is 2.70. The van der Waals surface area contributed by atoms with E-state index >= 15 is 0 Å². The maximum absolute atomic E-state index is 6.04. The lowest BCUT2D eigenvalue weighted by Gasteiger charge is -2.58. The van der Waals surface area contributed by atoms with Crippen LogP contribution in [0.2, 0.25) is 0 Å². The monoisotopic (exact) mass is 312 g/mol. The van der Waals surface area contributed by atoms with Crippen LogP contribution in [0.4, 0.5) is 0 Å². The summed E-state index contributed by atoms with van der Waals surface area (Å²) in [7, 11) is 1.93. The van der Waals surface area contributed by atoms with Crippen LogP contribution < -0.4 is 0 Å².